The van der Waals surface area contributed by atoms with E-state index in [0.717, 1.165) is 13.2 Å². The summed E-state index contributed by atoms with van der Waals surface area (Å²) < 4.78 is 13.3. The summed E-state index contributed by atoms with van der Waals surface area (Å²) in [5, 5.41) is 31.6. The summed E-state index contributed by atoms with van der Waals surface area (Å²) in [6.07, 6.45) is 0. The highest BCUT2D eigenvalue weighted by Crippen LogP contribution is 1.68. The van der Waals surface area contributed by atoms with E-state index in [1.807, 2.05) is 13.8 Å². The summed E-state index contributed by atoms with van der Waals surface area (Å²) in [4.78, 5) is 0. The molecule has 0 aliphatic carbocycles. The third kappa shape index (κ3) is 49.5. The zero-order valence-corrected chi connectivity index (χ0v) is 10.8. The van der Waals surface area contributed by atoms with Gasteiger partial charge in [0.2, 0.25) is 0 Å². The highest BCUT2D eigenvalue weighted by molar-refractivity contribution is 6.32. The van der Waals surface area contributed by atoms with Crippen molar-refractivity contribution in [3.8, 4) is 0 Å². The first-order chi connectivity index (χ1) is 8.10. The predicted molar refractivity (Wildman–Crippen MR) is 64.4 cm³/mol. The maximum atomic E-state index is 8.09. The van der Waals surface area contributed by atoms with Gasteiger partial charge >= 0.3 is 7.32 Å². The van der Waals surface area contributed by atoms with Crippen molar-refractivity contribution in [2.75, 3.05) is 46.8 Å². The van der Waals surface area contributed by atoms with E-state index >= 15 is 0 Å². The topological polar surface area (TPSA) is 109 Å². The Bertz CT molecular complexity index is 99.3. The maximum Gasteiger partial charge on any atom is 0.633 e. The van der Waals surface area contributed by atoms with Crippen molar-refractivity contribution in [3.05, 3.63) is 0 Å². The number of hydrogen-bond donors (Lipinski definition) is 4. The van der Waals surface area contributed by atoms with Crippen LogP contribution in [-0.4, -0.2) is 74.3 Å². The Kier molecular flexibility index (Phi) is 32.2. The lowest BCUT2D eigenvalue weighted by Gasteiger charge is -1.94. The molecule has 0 saturated heterocycles. The van der Waals surface area contributed by atoms with Crippen molar-refractivity contribution in [2.24, 2.45) is 0 Å². The van der Waals surface area contributed by atoms with Crippen LogP contribution in [0.2, 0.25) is 0 Å². The fourth-order valence-electron chi connectivity index (χ4n) is 0.435. The van der Waals surface area contributed by atoms with Gasteiger partial charge in [-0.3, -0.25) is 0 Å². The molecule has 0 heterocycles. The summed E-state index contributed by atoms with van der Waals surface area (Å²) in [5.74, 6) is 0. The van der Waals surface area contributed by atoms with Crippen molar-refractivity contribution in [1.29, 1.82) is 0 Å². The van der Waals surface area contributed by atoms with Crippen LogP contribution in [0.3, 0.4) is 0 Å². The number of aliphatic hydroxyl groups is 2. The molecule has 0 radical (unpaired) electrons. The number of ether oxygens (including phenoxy) is 2. The second-order valence-electron chi connectivity index (χ2n) is 2.40. The Labute approximate surface area is 103 Å². The molecule has 8 heteroatoms. The van der Waals surface area contributed by atoms with Gasteiger partial charge in [-0.1, -0.05) is 0 Å². The van der Waals surface area contributed by atoms with Gasteiger partial charge in [-0.15, -0.1) is 0 Å². The third-order valence-corrected chi connectivity index (χ3v) is 1.09. The van der Waals surface area contributed by atoms with E-state index in [2.05, 4.69) is 9.39 Å². The molecule has 0 aromatic carbocycles. The van der Waals surface area contributed by atoms with Crippen LogP contribution in [0.5, 0.6) is 0 Å². The molecular formula is C9H25BO7. The first-order valence-corrected chi connectivity index (χ1v) is 5.36. The molecule has 0 aromatic rings. The Balaban J connectivity index is -0.000000177. The highest BCUT2D eigenvalue weighted by Gasteiger charge is 2.00. The zero-order chi connectivity index (χ0) is 13.9. The van der Waals surface area contributed by atoms with Gasteiger partial charge in [-0.05, 0) is 13.8 Å². The molecule has 0 fully saturated rings. The van der Waals surface area contributed by atoms with Crippen LogP contribution in [0.4, 0.5) is 0 Å². The van der Waals surface area contributed by atoms with Crippen molar-refractivity contribution in [1.82, 2.24) is 0 Å². The fraction of sp³-hybridized carbons (Fsp3) is 1.00. The lowest BCUT2D eigenvalue weighted by molar-refractivity contribution is 0.0650. The minimum Gasteiger partial charge on any atom is -0.402 e. The molecule has 0 rings (SSSR count). The van der Waals surface area contributed by atoms with Gasteiger partial charge in [0, 0.05) is 20.3 Å². The van der Waals surface area contributed by atoms with Crippen LogP contribution < -0.4 is 0 Å². The van der Waals surface area contributed by atoms with E-state index in [4.69, 9.17) is 25.0 Å². The van der Waals surface area contributed by atoms with Gasteiger partial charge in [0.1, 0.15) is 0 Å². The largest absolute Gasteiger partial charge is 0.633 e. The Morgan fingerprint density at radius 3 is 1.35 bits per heavy atom. The molecule has 106 valence electrons. The lowest BCUT2D eigenvalue weighted by Crippen LogP contribution is -2.12. The molecule has 0 spiro atoms. The predicted octanol–water partition coefficient (Wildman–Crippen LogP) is -1.37. The van der Waals surface area contributed by atoms with Crippen LogP contribution in [0.25, 0.3) is 0 Å². The molecule has 4 N–H and O–H groups in total. The smallest absolute Gasteiger partial charge is 0.402 e. The van der Waals surface area contributed by atoms with Crippen LogP contribution in [0.15, 0.2) is 0 Å². The fourth-order valence-corrected chi connectivity index (χ4v) is 0.435. The Morgan fingerprint density at radius 2 is 1.24 bits per heavy atom. The van der Waals surface area contributed by atoms with Crippen LogP contribution in [-0.2, 0) is 14.1 Å². The minimum atomic E-state index is -1.62. The van der Waals surface area contributed by atoms with Crippen LogP contribution in [0.1, 0.15) is 13.8 Å². The van der Waals surface area contributed by atoms with Gasteiger partial charge in [0.05, 0.1) is 26.4 Å². The highest BCUT2D eigenvalue weighted by atomic mass is 16.6. The summed E-state index contributed by atoms with van der Waals surface area (Å²) in [6, 6.07) is 0. The first-order valence-electron chi connectivity index (χ1n) is 5.36. The molecule has 0 unspecified atom stereocenters. The van der Waals surface area contributed by atoms with E-state index in [1.54, 1.807) is 0 Å². The van der Waals surface area contributed by atoms with E-state index < -0.39 is 7.32 Å². The molecule has 0 bridgehead atoms. The Hall–Kier alpha value is -0.215. The van der Waals surface area contributed by atoms with Gasteiger partial charge in [-0.2, -0.15) is 0 Å². The molecule has 7 nitrogen and oxygen atoms in total. The normalized spacial score (nSPS) is 8.65. The second-order valence-corrected chi connectivity index (χ2v) is 2.40. The molecule has 17 heavy (non-hydrogen) atoms. The molecule has 0 aromatic heterocycles. The number of aliphatic hydroxyl groups excluding tert-OH is 2. The standard InChI is InChI=1S/C4H10O3.C4H10O.CH5BO3/c5-1-3-7-4-2-6;1-3-5-4-2;1-5-2(3)4/h5-6H,1-4H2;3-4H2,1-2H3;3-4H,1H3. The number of rotatable bonds is 7. The monoisotopic (exact) mass is 256 g/mol. The lowest BCUT2D eigenvalue weighted by atomic mass is 10.3. The number of hydrogen-bond acceptors (Lipinski definition) is 7. The van der Waals surface area contributed by atoms with Crippen LogP contribution >= 0.6 is 0 Å². The first kappa shape index (κ1) is 22.0. The van der Waals surface area contributed by atoms with Crippen molar-refractivity contribution >= 4 is 7.32 Å². The van der Waals surface area contributed by atoms with Crippen molar-refractivity contribution < 1.29 is 34.4 Å². The average molecular weight is 256 g/mol. The molecular weight excluding hydrogens is 231 g/mol. The maximum absolute atomic E-state index is 8.09. The SMILES string of the molecule is CCOCC.COB(O)O.OCCOCCO. The van der Waals surface area contributed by atoms with Gasteiger partial charge in [0.25, 0.3) is 0 Å². The van der Waals surface area contributed by atoms with Crippen molar-refractivity contribution in [2.45, 2.75) is 13.8 Å². The third-order valence-electron chi connectivity index (χ3n) is 1.09. The van der Waals surface area contributed by atoms with Gasteiger partial charge in [-0.25, -0.2) is 0 Å². The quantitative estimate of drug-likeness (QED) is 0.329. The molecule has 0 saturated carbocycles. The van der Waals surface area contributed by atoms with Crippen LogP contribution in [0, 0.1) is 0 Å². The zero-order valence-electron chi connectivity index (χ0n) is 10.8. The van der Waals surface area contributed by atoms with Crippen molar-refractivity contribution in [3.63, 3.8) is 0 Å². The summed E-state index contributed by atoms with van der Waals surface area (Å²) in [6.45, 7) is 6.36. The van der Waals surface area contributed by atoms with E-state index in [0.29, 0.717) is 13.2 Å². The molecule has 0 amide bonds. The molecule has 0 aliphatic heterocycles. The Morgan fingerprint density at radius 1 is 0.882 bits per heavy atom. The summed E-state index contributed by atoms with van der Waals surface area (Å²) in [7, 11) is -0.417. The van der Waals surface area contributed by atoms with E-state index in [-0.39, 0.29) is 13.2 Å². The van der Waals surface area contributed by atoms with E-state index in [9.17, 15) is 0 Å². The van der Waals surface area contributed by atoms with Gasteiger partial charge < -0.3 is 34.4 Å². The average Bonchev–Trinajstić information content (AvgIpc) is 2.32. The minimum absolute atomic E-state index is 0.0278. The molecule has 0 atom stereocenters. The second kappa shape index (κ2) is 24.8. The van der Waals surface area contributed by atoms with E-state index in [1.165, 1.54) is 7.11 Å². The summed E-state index contributed by atoms with van der Waals surface area (Å²) in [5.41, 5.74) is 0. The summed E-state index contributed by atoms with van der Waals surface area (Å²) >= 11 is 0. The van der Waals surface area contributed by atoms with Gasteiger partial charge in [0.15, 0.2) is 0 Å². The molecule has 0 aliphatic rings.